The van der Waals surface area contributed by atoms with Crippen molar-refractivity contribution in [1.82, 2.24) is 14.5 Å². The summed E-state index contributed by atoms with van der Waals surface area (Å²) in [5.41, 5.74) is 1.07. The molecule has 0 saturated carbocycles. The number of benzene rings is 1. The third-order valence-electron chi connectivity index (χ3n) is 4.33. The van der Waals surface area contributed by atoms with Gasteiger partial charge in [-0.15, -0.1) is 0 Å². The number of imidazole rings is 1. The van der Waals surface area contributed by atoms with Crippen LogP contribution in [0.4, 0.5) is 4.39 Å². The van der Waals surface area contributed by atoms with E-state index in [0.717, 1.165) is 0 Å². The Hall–Kier alpha value is -2.44. The van der Waals surface area contributed by atoms with Gasteiger partial charge in [-0.05, 0) is 24.5 Å². The summed E-state index contributed by atoms with van der Waals surface area (Å²) in [6.45, 7) is 3.71. The Labute approximate surface area is 131 Å². The van der Waals surface area contributed by atoms with Crippen LogP contribution in [0, 0.1) is 5.82 Å². The molecular formula is C16H18FN3O3. The van der Waals surface area contributed by atoms with E-state index in [1.54, 1.807) is 7.05 Å². The van der Waals surface area contributed by atoms with Gasteiger partial charge >= 0.3 is 5.69 Å². The Kier molecular flexibility index (Phi) is 3.58. The number of nitrogens with zero attached hydrogens (tertiary/aromatic N) is 2. The summed E-state index contributed by atoms with van der Waals surface area (Å²) in [6, 6.07) is 2.08. The topological polar surface area (TPSA) is 73.1 Å². The molecule has 1 aliphatic rings. The second-order valence-corrected chi connectivity index (χ2v) is 6.16. The van der Waals surface area contributed by atoms with Crippen molar-refractivity contribution >= 4 is 22.8 Å². The molecule has 0 spiro atoms. The summed E-state index contributed by atoms with van der Waals surface area (Å²) in [6.07, 6.45) is 0.440. The third kappa shape index (κ3) is 2.27. The molecule has 0 aliphatic carbocycles. The standard InChI is InChI=1S/C16H18FN3O3/c1-8(2)13-9(17)4-5-10-14(13)19(3)16(23)20(10)11-6-7-12(21)18-15(11)22/h4-5,8,11H,6-7H2,1-3H3,(H,18,21,22). The highest BCUT2D eigenvalue weighted by molar-refractivity contribution is 6.00. The van der Waals surface area contributed by atoms with Crippen LogP contribution < -0.4 is 11.0 Å². The molecule has 1 aromatic heterocycles. The van der Waals surface area contributed by atoms with Crippen LogP contribution in [0.25, 0.3) is 11.0 Å². The molecule has 7 heteroatoms. The second-order valence-electron chi connectivity index (χ2n) is 6.16. The molecule has 0 bridgehead atoms. The van der Waals surface area contributed by atoms with Gasteiger partial charge in [0.2, 0.25) is 11.8 Å². The highest BCUT2D eigenvalue weighted by atomic mass is 19.1. The number of carbonyl (C=O) groups is 2. The van der Waals surface area contributed by atoms with Crippen LogP contribution in [0.5, 0.6) is 0 Å². The van der Waals surface area contributed by atoms with Gasteiger partial charge in [-0.2, -0.15) is 0 Å². The lowest BCUT2D eigenvalue weighted by molar-refractivity contribution is -0.135. The van der Waals surface area contributed by atoms with E-state index in [2.05, 4.69) is 5.32 Å². The maximum atomic E-state index is 14.2. The molecule has 3 rings (SSSR count). The van der Waals surface area contributed by atoms with Gasteiger partial charge in [0.25, 0.3) is 0 Å². The number of aryl methyl sites for hydroxylation is 1. The lowest BCUT2D eigenvalue weighted by Gasteiger charge is -2.22. The number of imide groups is 1. The van der Waals surface area contributed by atoms with E-state index < -0.39 is 11.9 Å². The Morgan fingerprint density at radius 1 is 1.26 bits per heavy atom. The Balaban J connectivity index is 2.29. The first kappa shape index (κ1) is 15.5. The van der Waals surface area contributed by atoms with Gasteiger partial charge in [-0.25, -0.2) is 9.18 Å². The minimum atomic E-state index is -0.755. The molecule has 2 aromatic rings. The van der Waals surface area contributed by atoms with Gasteiger partial charge in [0.1, 0.15) is 11.9 Å². The number of nitrogens with one attached hydrogen (secondary N) is 1. The van der Waals surface area contributed by atoms with E-state index in [1.165, 1.54) is 21.3 Å². The van der Waals surface area contributed by atoms with Gasteiger partial charge < -0.3 is 0 Å². The number of carbonyl (C=O) groups excluding carboxylic acids is 2. The maximum absolute atomic E-state index is 14.2. The molecule has 1 aliphatic heterocycles. The predicted molar refractivity (Wildman–Crippen MR) is 82.6 cm³/mol. The van der Waals surface area contributed by atoms with Crippen molar-refractivity contribution in [1.29, 1.82) is 0 Å². The molecule has 1 fully saturated rings. The van der Waals surface area contributed by atoms with Crippen LogP contribution in [0.2, 0.25) is 0 Å². The predicted octanol–water partition coefficient (Wildman–Crippen LogP) is 1.58. The minimum Gasteiger partial charge on any atom is -0.295 e. The molecule has 1 N–H and O–H groups in total. The number of aromatic nitrogens is 2. The third-order valence-corrected chi connectivity index (χ3v) is 4.33. The molecule has 1 unspecified atom stereocenters. The first-order chi connectivity index (χ1) is 10.8. The van der Waals surface area contributed by atoms with Crippen LogP contribution in [0.3, 0.4) is 0 Å². The van der Waals surface area contributed by atoms with E-state index in [0.29, 0.717) is 16.6 Å². The minimum absolute atomic E-state index is 0.109. The van der Waals surface area contributed by atoms with Gasteiger partial charge in [0.15, 0.2) is 0 Å². The molecule has 1 atom stereocenters. The number of hydrogen-bond donors (Lipinski definition) is 1. The van der Waals surface area contributed by atoms with Crippen molar-refractivity contribution in [2.75, 3.05) is 0 Å². The van der Waals surface area contributed by atoms with E-state index in [4.69, 9.17) is 0 Å². The molecule has 0 radical (unpaired) electrons. The van der Waals surface area contributed by atoms with Gasteiger partial charge in [0, 0.05) is 19.0 Å². The summed E-state index contributed by atoms with van der Waals surface area (Å²) in [4.78, 5) is 36.1. The first-order valence-corrected chi connectivity index (χ1v) is 7.56. The van der Waals surface area contributed by atoms with Crippen molar-refractivity contribution in [3.8, 4) is 0 Å². The van der Waals surface area contributed by atoms with E-state index in [1.807, 2.05) is 13.8 Å². The zero-order valence-corrected chi connectivity index (χ0v) is 13.2. The zero-order chi connectivity index (χ0) is 16.9. The molecule has 1 saturated heterocycles. The highest BCUT2D eigenvalue weighted by Gasteiger charge is 2.32. The number of piperidine rings is 1. The monoisotopic (exact) mass is 319 g/mol. The molecule has 1 aromatic carbocycles. The maximum Gasteiger partial charge on any atom is 0.329 e. The van der Waals surface area contributed by atoms with Crippen molar-refractivity contribution in [2.45, 2.75) is 38.6 Å². The van der Waals surface area contributed by atoms with Crippen molar-refractivity contribution in [2.24, 2.45) is 7.05 Å². The normalized spacial score (nSPS) is 18.7. The van der Waals surface area contributed by atoms with Crippen molar-refractivity contribution in [3.63, 3.8) is 0 Å². The fraction of sp³-hybridized carbons (Fsp3) is 0.438. The quantitative estimate of drug-likeness (QED) is 0.854. The number of rotatable bonds is 2. The van der Waals surface area contributed by atoms with Crippen LogP contribution in [0.1, 0.15) is 44.2 Å². The van der Waals surface area contributed by atoms with Crippen LogP contribution in [0.15, 0.2) is 16.9 Å². The van der Waals surface area contributed by atoms with Crippen LogP contribution in [-0.2, 0) is 16.6 Å². The first-order valence-electron chi connectivity index (χ1n) is 7.56. The van der Waals surface area contributed by atoms with E-state index in [-0.39, 0.29) is 36.2 Å². The van der Waals surface area contributed by atoms with Gasteiger partial charge in [-0.3, -0.25) is 24.0 Å². The summed E-state index contributed by atoms with van der Waals surface area (Å²) in [5, 5.41) is 2.26. The molecule has 2 amide bonds. The number of fused-ring (bicyclic) bond motifs is 1. The molecular weight excluding hydrogens is 301 g/mol. The molecule has 23 heavy (non-hydrogen) atoms. The summed E-state index contributed by atoms with van der Waals surface area (Å²) in [7, 11) is 1.57. The lowest BCUT2D eigenvalue weighted by Crippen LogP contribution is -2.44. The number of halogens is 1. The molecule has 122 valence electrons. The summed E-state index contributed by atoms with van der Waals surface area (Å²) in [5.74, 6) is -1.31. The van der Waals surface area contributed by atoms with E-state index >= 15 is 0 Å². The van der Waals surface area contributed by atoms with E-state index in [9.17, 15) is 18.8 Å². The fourth-order valence-corrected chi connectivity index (χ4v) is 3.26. The second kappa shape index (κ2) is 5.33. The number of amides is 2. The lowest BCUT2D eigenvalue weighted by atomic mass is 10.00. The smallest absolute Gasteiger partial charge is 0.295 e. The average Bonchev–Trinajstić information content (AvgIpc) is 2.72. The van der Waals surface area contributed by atoms with Crippen molar-refractivity contribution < 1.29 is 14.0 Å². The fourth-order valence-electron chi connectivity index (χ4n) is 3.26. The van der Waals surface area contributed by atoms with Gasteiger partial charge in [-0.1, -0.05) is 13.8 Å². The zero-order valence-electron chi connectivity index (χ0n) is 13.2. The Morgan fingerprint density at radius 3 is 2.57 bits per heavy atom. The largest absolute Gasteiger partial charge is 0.329 e. The van der Waals surface area contributed by atoms with Crippen LogP contribution >= 0.6 is 0 Å². The Morgan fingerprint density at radius 2 is 1.96 bits per heavy atom. The van der Waals surface area contributed by atoms with Gasteiger partial charge in [0.05, 0.1) is 11.0 Å². The van der Waals surface area contributed by atoms with Crippen LogP contribution in [-0.4, -0.2) is 20.9 Å². The molecule has 6 nitrogen and oxygen atoms in total. The number of hydrogen-bond acceptors (Lipinski definition) is 3. The highest BCUT2D eigenvalue weighted by Crippen LogP contribution is 2.30. The Bertz CT molecular complexity index is 879. The average molecular weight is 319 g/mol. The summed E-state index contributed by atoms with van der Waals surface area (Å²) < 4.78 is 16.9. The molecule has 2 heterocycles. The SMILES string of the molecule is CC(C)c1c(F)ccc2c1n(C)c(=O)n2C1CCC(=O)NC1=O. The summed E-state index contributed by atoms with van der Waals surface area (Å²) >= 11 is 0. The van der Waals surface area contributed by atoms with Crippen molar-refractivity contribution in [3.05, 3.63) is 34.0 Å².